The van der Waals surface area contributed by atoms with Gasteiger partial charge in [0.1, 0.15) is 17.7 Å². The maximum atomic E-state index is 12.4. The molecule has 0 spiro atoms. The Hall–Kier alpha value is -0.166. The zero-order valence-electron chi connectivity index (χ0n) is 25.2. The summed E-state index contributed by atoms with van der Waals surface area (Å²) in [4.78, 5) is 35.3. The Morgan fingerprint density at radius 1 is 0.949 bits per heavy atom. The van der Waals surface area contributed by atoms with E-state index in [0.29, 0.717) is 61.2 Å². The summed E-state index contributed by atoms with van der Waals surface area (Å²) >= 11 is 0. The summed E-state index contributed by atoms with van der Waals surface area (Å²) in [6.07, 6.45) is 9.38. The number of aliphatic hydroxyl groups is 1. The van der Waals surface area contributed by atoms with Crippen LogP contribution in [0.1, 0.15) is 112 Å². The third kappa shape index (κ3) is 6.59. The van der Waals surface area contributed by atoms with Crippen molar-refractivity contribution in [3.05, 3.63) is 0 Å². The molecule has 11 atom stereocenters. The third-order valence-electron chi connectivity index (χ3n) is 11.9. The summed E-state index contributed by atoms with van der Waals surface area (Å²) in [5, 5.41) is 11.8. The first-order valence-corrected chi connectivity index (χ1v) is 15.3. The average molecular weight is 622 g/mol. The van der Waals surface area contributed by atoms with Gasteiger partial charge in [0.05, 0.1) is 12.2 Å². The molecule has 6 nitrogen and oxygen atoms in total. The predicted octanol–water partition coefficient (Wildman–Crippen LogP) is 5.91. The number of esters is 1. The number of rotatable bonds is 10. The summed E-state index contributed by atoms with van der Waals surface area (Å²) in [5.41, 5.74) is -0.0260. The zero-order valence-corrected chi connectivity index (χ0v) is 28.1. The molecule has 0 bridgehead atoms. The van der Waals surface area contributed by atoms with Crippen molar-refractivity contribution in [2.75, 3.05) is 7.11 Å². The normalized spacial score (nSPS) is 41.8. The van der Waals surface area contributed by atoms with Crippen LogP contribution in [-0.4, -0.2) is 48.1 Å². The molecule has 7 heteroatoms. The van der Waals surface area contributed by atoms with Crippen molar-refractivity contribution in [1.82, 2.24) is 0 Å². The van der Waals surface area contributed by atoms with Crippen LogP contribution in [0, 0.1) is 46.3 Å². The van der Waals surface area contributed by atoms with Crippen LogP contribution in [0.15, 0.2) is 0 Å². The largest absolute Gasteiger partial charge is 0.462 e. The first kappa shape index (κ1) is 33.3. The monoisotopic (exact) mass is 621 g/mol. The van der Waals surface area contributed by atoms with Crippen LogP contribution in [0.25, 0.3) is 0 Å². The standard InChI is InChI=1S/C32H52O6.Y/c1-19(10-11-21(3)34)24-12-13-25-30-26(18-28(35)32(24,25)5)31(4)15-14-23(16-22(31)17-27(30)37-6)38-29(36)9-7-8-20(2)33;/h19,22-28,30,35H,7-18H2,1-6H3;/t19?,22-,23-,24+,25-,26-,27-,28-,30-,31-,32+;/m0./s1. The Balaban J connectivity index is 0.00000420. The summed E-state index contributed by atoms with van der Waals surface area (Å²) in [5.74, 6) is 2.71. The van der Waals surface area contributed by atoms with Crippen LogP contribution >= 0.6 is 0 Å². The van der Waals surface area contributed by atoms with E-state index in [1.165, 1.54) is 0 Å². The summed E-state index contributed by atoms with van der Waals surface area (Å²) in [6.45, 7) is 10.3. The molecule has 39 heavy (non-hydrogen) atoms. The number of Topliss-reactive ketones (excluding diaryl/α,β-unsaturated/α-hetero) is 2. The molecule has 0 heterocycles. The van der Waals surface area contributed by atoms with E-state index < -0.39 is 0 Å². The Kier molecular flexibility index (Phi) is 11.5. The number of carbonyl (C=O) groups excluding carboxylic acids is 3. The van der Waals surface area contributed by atoms with Crippen molar-refractivity contribution < 1.29 is 61.7 Å². The average Bonchev–Trinajstić information content (AvgIpc) is 3.21. The Morgan fingerprint density at radius 3 is 2.28 bits per heavy atom. The van der Waals surface area contributed by atoms with Gasteiger partial charge in [-0.1, -0.05) is 20.8 Å². The molecule has 4 aliphatic rings. The number of hydrogen-bond acceptors (Lipinski definition) is 6. The molecule has 0 aliphatic heterocycles. The van der Waals surface area contributed by atoms with Crippen molar-refractivity contribution in [3.63, 3.8) is 0 Å². The minimum Gasteiger partial charge on any atom is -0.462 e. The van der Waals surface area contributed by atoms with E-state index in [2.05, 4.69) is 20.8 Å². The minimum absolute atomic E-state index is 0. The molecule has 0 aromatic heterocycles. The zero-order chi connectivity index (χ0) is 27.8. The fourth-order valence-electron chi connectivity index (χ4n) is 9.80. The van der Waals surface area contributed by atoms with Gasteiger partial charge in [0, 0.05) is 59.1 Å². The van der Waals surface area contributed by atoms with E-state index in [4.69, 9.17) is 9.47 Å². The number of methoxy groups -OCH3 is 1. The molecule has 0 aromatic rings. The first-order chi connectivity index (χ1) is 17.9. The molecule has 4 saturated carbocycles. The van der Waals surface area contributed by atoms with Gasteiger partial charge in [-0.05, 0) is 118 Å². The minimum atomic E-state index is -0.342. The maximum Gasteiger partial charge on any atom is 0.306 e. The fraction of sp³-hybridized carbons (Fsp3) is 0.906. The second kappa shape index (κ2) is 13.4. The summed E-state index contributed by atoms with van der Waals surface area (Å²) < 4.78 is 12.1. The van der Waals surface area contributed by atoms with E-state index >= 15 is 0 Å². The Bertz CT molecular complexity index is 892. The topological polar surface area (TPSA) is 89.9 Å². The second-order valence-corrected chi connectivity index (χ2v) is 14.0. The first-order valence-electron chi connectivity index (χ1n) is 15.3. The predicted molar refractivity (Wildman–Crippen MR) is 146 cm³/mol. The molecule has 219 valence electrons. The van der Waals surface area contributed by atoms with Crippen LogP contribution in [0.3, 0.4) is 0 Å². The van der Waals surface area contributed by atoms with E-state index in [9.17, 15) is 19.5 Å². The summed E-state index contributed by atoms with van der Waals surface area (Å²) in [7, 11) is 1.85. The SMILES string of the molecule is CO[C@H]1C[C@@H]2C[C@@H](OC(=O)CCCC(C)=O)CC[C@]2(C)[C@H]2C[C@H](O)[C@]3(C)[C@@H](C(C)CCC(C)=O)CC[C@H]3[C@H]12.[Y]. The van der Waals surface area contributed by atoms with Gasteiger partial charge in [-0.25, -0.2) is 0 Å². The van der Waals surface area contributed by atoms with Crippen LogP contribution < -0.4 is 0 Å². The van der Waals surface area contributed by atoms with Crippen molar-refractivity contribution in [3.8, 4) is 0 Å². The van der Waals surface area contributed by atoms with Gasteiger partial charge in [0.2, 0.25) is 0 Å². The maximum absolute atomic E-state index is 12.4. The van der Waals surface area contributed by atoms with E-state index in [1.54, 1.807) is 13.8 Å². The molecule has 0 saturated heterocycles. The molecular weight excluding hydrogens is 569 g/mol. The van der Waals surface area contributed by atoms with Gasteiger partial charge >= 0.3 is 5.97 Å². The molecular formula is C32H52O6Y. The number of fused-ring (bicyclic) bond motifs is 5. The fourth-order valence-corrected chi connectivity index (χ4v) is 9.80. The van der Waals surface area contributed by atoms with Crippen LogP contribution in [-0.2, 0) is 56.6 Å². The molecule has 4 rings (SSSR count). The Morgan fingerprint density at radius 2 is 1.64 bits per heavy atom. The van der Waals surface area contributed by atoms with Gasteiger partial charge in [-0.3, -0.25) is 4.79 Å². The van der Waals surface area contributed by atoms with Crippen LogP contribution in [0.5, 0.6) is 0 Å². The van der Waals surface area contributed by atoms with Crippen molar-refractivity contribution in [2.24, 2.45) is 46.3 Å². The van der Waals surface area contributed by atoms with Crippen molar-refractivity contribution in [1.29, 1.82) is 0 Å². The quantitative estimate of drug-likeness (QED) is 0.305. The van der Waals surface area contributed by atoms with Crippen molar-refractivity contribution in [2.45, 2.75) is 130 Å². The number of aliphatic hydroxyl groups excluding tert-OH is 1. The van der Waals surface area contributed by atoms with Crippen LogP contribution in [0.2, 0.25) is 0 Å². The smallest absolute Gasteiger partial charge is 0.306 e. The van der Waals surface area contributed by atoms with E-state index in [1.807, 2.05) is 7.11 Å². The molecule has 1 unspecified atom stereocenters. The molecule has 1 radical (unpaired) electrons. The van der Waals surface area contributed by atoms with Gasteiger partial charge in [-0.2, -0.15) is 0 Å². The van der Waals surface area contributed by atoms with Crippen molar-refractivity contribution >= 4 is 17.5 Å². The molecule has 4 fully saturated rings. The third-order valence-corrected chi connectivity index (χ3v) is 11.9. The molecule has 0 aromatic carbocycles. The Labute approximate surface area is 261 Å². The van der Waals surface area contributed by atoms with E-state index in [0.717, 1.165) is 51.4 Å². The van der Waals surface area contributed by atoms with Gasteiger partial charge in [-0.15, -0.1) is 0 Å². The number of ether oxygens (including phenoxy) is 2. The number of hydrogen-bond donors (Lipinski definition) is 1. The molecule has 1 N–H and O–H groups in total. The van der Waals surface area contributed by atoms with Gasteiger partial charge in [0.15, 0.2) is 0 Å². The number of carbonyl (C=O) groups is 3. The second-order valence-electron chi connectivity index (χ2n) is 14.0. The molecule has 4 aliphatic carbocycles. The molecule has 0 amide bonds. The van der Waals surface area contributed by atoms with E-state index in [-0.39, 0.29) is 79.4 Å². The van der Waals surface area contributed by atoms with Gasteiger partial charge in [0.25, 0.3) is 0 Å². The van der Waals surface area contributed by atoms with Gasteiger partial charge < -0.3 is 24.2 Å². The summed E-state index contributed by atoms with van der Waals surface area (Å²) in [6, 6.07) is 0. The number of ketones is 2. The van der Waals surface area contributed by atoms with Crippen LogP contribution in [0.4, 0.5) is 0 Å².